The zero-order valence-corrected chi connectivity index (χ0v) is 14.9. The minimum Gasteiger partial charge on any atom is -0.361 e. The van der Waals surface area contributed by atoms with Gasteiger partial charge in [0.25, 0.3) is 5.91 Å². The number of nitrogens with one attached hydrogen (secondary N) is 1. The molecule has 3 aromatic rings. The quantitative estimate of drug-likeness (QED) is 0.695. The highest BCUT2D eigenvalue weighted by Crippen LogP contribution is 2.28. The number of carbonyl (C=O) groups excluding carboxylic acids is 1. The number of fused-ring (bicyclic) bond motifs is 1. The molecule has 1 N–H and O–H groups in total. The van der Waals surface area contributed by atoms with Crippen LogP contribution in [0.4, 0.5) is 0 Å². The Hall–Kier alpha value is -2.07. The van der Waals surface area contributed by atoms with Crippen molar-refractivity contribution in [2.75, 3.05) is 6.54 Å². The molecule has 24 heavy (non-hydrogen) atoms. The Morgan fingerprint density at radius 1 is 1.17 bits per heavy atom. The normalized spacial score (nSPS) is 17.5. The summed E-state index contributed by atoms with van der Waals surface area (Å²) in [5, 5.41) is 1.26. The fourth-order valence-electron chi connectivity index (χ4n) is 3.66. The van der Waals surface area contributed by atoms with Gasteiger partial charge in [0, 0.05) is 34.2 Å². The van der Waals surface area contributed by atoms with Crippen LogP contribution >= 0.6 is 15.9 Å². The first-order valence-corrected chi connectivity index (χ1v) is 9.14. The van der Waals surface area contributed by atoms with E-state index in [-0.39, 0.29) is 11.9 Å². The van der Waals surface area contributed by atoms with Crippen molar-refractivity contribution >= 4 is 32.7 Å². The highest BCUT2D eigenvalue weighted by atomic mass is 79.9. The molecule has 1 aromatic heterocycles. The van der Waals surface area contributed by atoms with Gasteiger partial charge in [0.15, 0.2) is 0 Å². The Morgan fingerprint density at radius 3 is 2.83 bits per heavy atom. The lowest BCUT2D eigenvalue weighted by Gasteiger charge is -2.25. The van der Waals surface area contributed by atoms with Gasteiger partial charge in [-0.15, -0.1) is 0 Å². The summed E-state index contributed by atoms with van der Waals surface area (Å²) in [7, 11) is 0. The summed E-state index contributed by atoms with van der Waals surface area (Å²) in [6.45, 7) is 0.840. The second kappa shape index (κ2) is 6.44. The van der Waals surface area contributed by atoms with Crippen LogP contribution in [0.3, 0.4) is 0 Å². The molecule has 0 saturated carbocycles. The third kappa shape index (κ3) is 2.75. The van der Waals surface area contributed by atoms with Crippen LogP contribution in [0, 0.1) is 0 Å². The van der Waals surface area contributed by atoms with E-state index >= 15 is 0 Å². The highest BCUT2D eigenvalue weighted by molar-refractivity contribution is 9.10. The van der Waals surface area contributed by atoms with E-state index in [4.69, 9.17) is 0 Å². The Balaban J connectivity index is 1.59. The van der Waals surface area contributed by atoms with Crippen molar-refractivity contribution < 1.29 is 4.79 Å². The first kappa shape index (κ1) is 15.5. The van der Waals surface area contributed by atoms with Crippen LogP contribution in [0.5, 0.6) is 0 Å². The predicted octanol–water partition coefficient (Wildman–Crippen LogP) is 4.78. The van der Waals surface area contributed by atoms with Crippen molar-refractivity contribution in [1.82, 2.24) is 9.88 Å². The van der Waals surface area contributed by atoms with Gasteiger partial charge in [-0.05, 0) is 59.0 Å². The van der Waals surface area contributed by atoms with E-state index in [9.17, 15) is 4.79 Å². The van der Waals surface area contributed by atoms with Crippen molar-refractivity contribution in [2.45, 2.75) is 25.3 Å². The van der Waals surface area contributed by atoms with Crippen molar-refractivity contribution in [3.8, 4) is 0 Å². The number of H-pyrrole nitrogens is 1. The van der Waals surface area contributed by atoms with E-state index in [1.165, 1.54) is 10.9 Å². The fourth-order valence-corrected chi connectivity index (χ4v) is 4.11. The van der Waals surface area contributed by atoms with Crippen LogP contribution in [0.2, 0.25) is 0 Å². The molecule has 2 heterocycles. The number of nitrogens with zero attached hydrogens (tertiary/aromatic N) is 1. The number of hydrogen-bond donors (Lipinski definition) is 1. The lowest BCUT2D eigenvalue weighted by molar-refractivity contribution is 0.0735. The van der Waals surface area contributed by atoms with Crippen LogP contribution in [0.15, 0.2) is 59.2 Å². The Kier molecular flexibility index (Phi) is 4.15. The summed E-state index contributed by atoms with van der Waals surface area (Å²) < 4.78 is 0.868. The monoisotopic (exact) mass is 382 g/mol. The number of hydrogen-bond acceptors (Lipinski definition) is 1. The number of aromatic amines is 1. The zero-order valence-electron chi connectivity index (χ0n) is 13.3. The molecule has 122 valence electrons. The van der Waals surface area contributed by atoms with Crippen molar-refractivity contribution in [1.29, 1.82) is 0 Å². The molecule has 1 aliphatic rings. The van der Waals surface area contributed by atoms with E-state index in [0.717, 1.165) is 41.4 Å². The topological polar surface area (TPSA) is 36.1 Å². The summed E-state index contributed by atoms with van der Waals surface area (Å²) in [6, 6.07) is 16.3. The predicted molar refractivity (Wildman–Crippen MR) is 100 cm³/mol. The largest absolute Gasteiger partial charge is 0.361 e. The second-order valence-corrected chi connectivity index (χ2v) is 7.19. The zero-order chi connectivity index (χ0) is 16.5. The molecule has 2 aromatic carbocycles. The lowest BCUT2D eigenvalue weighted by Crippen LogP contribution is -2.37. The molecule has 1 saturated heterocycles. The molecule has 0 radical (unpaired) electrons. The third-order valence-electron chi connectivity index (χ3n) is 4.87. The molecule has 1 atom stereocenters. The van der Waals surface area contributed by atoms with Crippen LogP contribution < -0.4 is 0 Å². The fraction of sp³-hybridized carbons (Fsp3) is 0.250. The van der Waals surface area contributed by atoms with Gasteiger partial charge in [-0.3, -0.25) is 4.79 Å². The molecular formula is C20H19BrN2O. The van der Waals surface area contributed by atoms with E-state index in [2.05, 4.69) is 45.3 Å². The Labute approximate surface area is 149 Å². The highest BCUT2D eigenvalue weighted by Gasteiger charge is 2.30. The van der Waals surface area contributed by atoms with Gasteiger partial charge in [-0.25, -0.2) is 0 Å². The summed E-state index contributed by atoms with van der Waals surface area (Å²) >= 11 is 3.50. The average Bonchev–Trinajstić information content (AvgIpc) is 3.23. The molecule has 3 nitrogen and oxygen atoms in total. The number of halogens is 1. The number of benzene rings is 2. The molecule has 4 heteroatoms. The molecule has 1 aliphatic heterocycles. The summed E-state index contributed by atoms with van der Waals surface area (Å²) in [6.07, 6.45) is 5.13. The first-order valence-electron chi connectivity index (χ1n) is 8.34. The van der Waals surface area contributed by atoms with E-state index in [1.807, 2.05) is 35.2 Å². The first-order chi connectivity index (χ1) is 11.7. The number of rotatable bonds is 3. The molecular weight excluding hydrogens is 364 g/mol. The summed E-state index contributed by atoms with van der Waals surface area (Å²) in [4.78, 5) is 18.3. The Bertz CT molecular complexity index is 886. The van der Waals surface area contributed by atoms with Crippen LogP contribution in [0.1, 0.15) is 28.8 Å². The molecule has 4 rings (SSSR count). The number of likely N-dealkylation sites (tertiary alicyclic amines) is 1. The van der Waals surface area contributed by atoms with Gasteiger partial charge >= 0.3 is 0 Å². The lowest BCUT2D eigenvalue weighted by atomic mass is 10.0. The Morgan fingerprint density at radius 2 is 1.96 bits per heavy atom. The standard InChI is InChI=1S/C20H19BrN2O/c21-18-9-3-1-8-17(18)20(24)23-11-5-6-15(23)12-14-13-22-19-10-4-2-7-16(14)19/h1-4,7-10,13,15,22H,5-6,11-12H2. The smallest absolute Gasteiger partial charge is 0.255 e. The molecule has 1 amide bonds. The maximum atomic E-state index is 13.0. The minimum absolute atomic E-state index is 0.129. The van der Waals surface area contributed by atoms with Gasteiger partial charge in [0.2, 0.25) is 0 Å². The molecule has 1 unspecified atom stereocenters. The van der Waals surface area contributed by atoms with Crippen LogP contribution in [0.25, 0.3) is 10.9 Å². The summed E-state index contributed by atoms with van der Waals surface area (Å²) in [5.41, 5.74) is 3.21. The van der Waals surface area contributed by atoms with Gasteiger partial charge in [-0.1, -0.05) is 30.3 Å². The van der Waals surface area contributed by atoms with Crippen LogP contribution in [-0.4, -0.2) is 28.4 Å². The molecule has 1 fully saturated rings. The van der Waals surface area contributed by atoms with E-state index in [1.54, 1.807) is 0 Å². The summed E-state index contributed by atoms with van der Waals surface area (Å²) in [5.74, 6) is 0.129. The van der Waals surface area contributed by atoms with E-state index < -0.39 is 0 Å². The second-order valence-electron chi connectivity index (χ2n) is 6.34. The molecule has 0 spiro atoms. The molecule has 0 aliphatic carbocycles. The van der Waals surface area contributed by atoms with Crippen LogP contribution in [-0.2, 0) is 6.42 Å². The van der Waals surface area contributed by atoms with Crippen molar-refractivity contribution in [3.63, 3.8) is 0 Å². The van der Waals surface area contributed by atoms with Gasteiger partial charge in [0.05, 0.1) is 5.56 Å². The van der Waals surface area contributed by atoms with E-state index in [0.29, 0.717) is 0 Å². The maximum Gasteiger partial charge on any atom is 0.255 e. The number of amides is 1. The van der Waals surface area contributed by atoms with Gasteiger partial charge in [-0.2, -0.15) is 0 Å². The van der Waals surface area contributed by atoms with Crippen molar-refractivity contribution in [3.05, 3.63) is 70.3 Å². The minimum atomic E-state index is 0.129. The number of aromatic nitrogens is 1. The SMILES string of the molecule is O=C(c1ccccc1Br)N1CCCC1Cc1c[nH]c2ccccc12. The van der Waals surface area contributed by atoms with Gasteiger partial charge < -0.3 is 9.88 Å². The maximum absolute atomic E-state index is 13.0. The van der Waals surface area contributed by atoms with Gasteiger partial charge in [0.1, 0.15) is 0 Å². The number of para-hydroxylation sites is 1. The average molecular weight is 383 g/mol. The third-order valence-corrected chi connectivity index (χ3v) is 5.56. The number of carbonyl (C=O) groups is 1. The molecule has 0 bridgehead atoms. The van der Waals surface area contributed by atoms with Crippen molar-refractivity contribution in [2.24, 2.45) is 0 Å².